The molecule has 0 radical (unpaired) electrons. The summed E-state index contributed by atoms with van der Waals surface area (Å²) < 4.78 is 6.44. The summed E-state index contributed by atoms with van der Waals surface area (Å²) in [6.07, 6.45) is 6.24. The third kappa shape index (κ3) is 9.59. The standard InChI is InChI=1S/C30H41NO4/c1-6-7-8-9-10-27(23-11-13-24(14-12-23)29(34)31-20-19-28(32)33)35-26-17-15-25(16-18-26)30(4,5)21-22(2)3/h11-18,27H,2,6-10,19-21H2,1,3-5H3,(H,31,34)(H,32,33). The highest BCUT2D eigenvalue weighted by molar-refractivity contribution is 5.94. The number of carbonyl (C=O) groups is 2. The fourth-order valence-electron chi connectivity index (χ4n) is 4.29. The zero-order valence-electron chi connectivity index (χ0n) is 21.7. The van der Waals surface area contributed by atoms with E-state index in [9.17, 15) is 9.59 Å². The molecule has 1 unspecified atom stereocenters. The molecule has 0 spiro atoms. The summed E-state index contributed by atoms with van der Waals surface area (Å²) in [7, 11) is 0. The molecule has 0 saturated heterocycles. The zero-order chi connectivity index (χ0) is 25.8. The Labute approximate surface area is 210 Å². The summed E-state index contributed by atoms with van der Waals surface area (Å²) in [5.74, 6) is -0.377. The van der Waals surface area contributed by atoms with Crippen molar-refractivity contribution in [3.05, 3.63) is 77.4 Å². The maximum Gasteiger partial charge on any atom is 0.305 e. The van der Waals surface area contributed by atoms with E-state index in [-0.39, 0.29) is 30.4 Å². The molecule has 0 fully saturated rings. The summed E-state index contributed by atoms with van der Waals surface area (Å²) >= 11 is 0. The molecule has 190 valence electrons. The molecule has 35 heavy (non-hydrogen) atoms. The van der Waals surface area contributed by atoms with E-state index in [0.29, 0.717) is 5.56 Å². The van der Waals surface area contributed by atoms with E-state index in [4.69, 9.17) is 9.84 Å². The molecule has 0 aliphatic heterocycles. The van der Waals surface area contributed by atoms with Crippen LogP contribution in [0.15, 0.2) is 60.7 Å². The number of benzene rings is 2. The van der Waals surface area contributed by atoms with Gasteiger partial charge < -0.3 is 15.2 Å². The number of carboxylic acid groups (broad SMARTS) is 1. The average Bonchev–Trinajstić information content (AvgIpc) is 2.80. The van der Waals surface area contributed by atoms with Crippen molar-refractivity contribution in [1.82, 2.24) is 5.32 Å². The lowest BCUT2D eigenvalue weighted by molar-refractivity contribution is -0.136. The van der Waals surface area contributed by atoms with Crippen LogP contribution in [-0.4, -0.2) is 23.5 Å². The lowest BCUT2D eigenvalue weighted by Crippen LogP contribution is -2.26. The van der Waals surface area contributed by atoms with Gasteiger partial charge in [0.2, 0.25) is 0 Å². The van der Waals surface area contributed by atoms with Crippen molar-refractivity contribution >= 4 is 11.9 Å². The number of carbonyl (C=O) groups excluding carboxylic acids is 1. The number of nitrogens with one attached hydrogen (secondary N) is 1. The van der Waals surface area contributed by atoms with E-state index in [2.05, 4.69) is 51.7 Å². The van der Waals surface area contributed by atoms with E-state index < -0.39 is 5.97 Å². The topological polar surface area (TPSA) is 75.6 Å². The Bertz CT molecular complexity index is 961. The molecule has 5 heteroatoms. The Hall–Kier alpha value is -3.08. The quantitative estimate of drug-likeness (QED) is 0.209. The Morgan fingerprint density at radius 1 is 1.03 bits per heavy atom. The third-order valence-electron chi connectivity index (χ3n) is 6.15. The Kier molecular flexibility index (Phi) is 11.0. The summed E-state index contributed by atoms with van der Waals surface area (Å²) in [5.41, 5.74) is 3.97. The molecular weight excluding hydrogens is 438 g/mol. The second-order valence-electron chi connectivity index (χ2n) is 10.0. The van der Waals surface area contributed by atoms with Crippen molar-refractivity contribution in [2.24, 2.45) is 0 Å². The molecule has 0 saturated carbocycles. The third-order valence-corrected chi connectivity index (χ3v) is 6.15. The van der Waals surface area contributed by atoms with E-state index >= 15 is 0 Å². The van der Waals surface area contributed by atoms with Crippen LogP contribution in [0.25, 0.3) is 0 Å². The molecule has 0 heterocycles. The van der Waals surface area contributed by atoms with Gasteiger partial charge >= 0.3 is 5.97 Å². The normalized spacial score (nSPS) is 12.1. The van der Waals surface area contributed by atoms with Crippen LogP contribution >= 0.6 is 0 Å². The van der Waals surface area contributed by atoms with Gasteiger partial charge in [0.05, 0.1) is 6.42 Å². The largest absolute Gasteiger partial charge is 0.486 e. The first-order chi connectivity index (χ1) is 16.6. The van der Waals surface area contributed by atoms with E-state index in [0.717, 1.165) is 37.0 Å². The molecule has 2 N–H and O–H groups in total. The van der Waals surface area contributed by atoms with Crippen LogP contribution in [0.5, 0.6) is 5.75 Å². The average molecular weight is 480 g/mol. The summed E-state index contributed by atoms with van der Waals surface area (Å²) in [6.45, 7) is 12.9. The highest BCUT2D eigenvalue weighted by Gasteiger charge is 2.21. The Morgan fingerprint density at radius 2 is 1.69 bits per heavy atom. The highest BCUT2D eigenvalue weighted by atomic mass is 16.5. The predicted octanol–water partition coefficient (Wildman–Crippen LogP) is 7.23. The number of allylic oxidation sites excluding steroid dienone is 1. The number of unbranched alkanes of at least 4 members (excludes halogenated alkanes) is 3. The van der Waals surface area contributed by atoms with E-state index in [1.165, 1.54) is 24.0 Å². The van der Waals surface area contributed by atoms with Crippen LogP contribution in [0.1, 0.15) is 100 Å². The summed E-state index contributed by atoms with van der Waals surface area (Å²) in [6, 6.07) is 15.8. The van der Waals surface area contributed by atoms with E-state index in [1.54, 1.807) is 12.1 Å². The number of hydrogen-bond donors (Lipinski definition) is 2. The van der Waals surface area contributed by atoms with Crippen LogP contribution in [0.2, 0.25) is 0 Å². The molecule has 2 aromatic rings. The van der Waals surface area contributed by atoms with Crippen molar-refractivity contribution in [2.75, 3.05) is 6.54 Å². The molecule has 0 aromatic heterocycles. The van der Waals surface area contributed by atoms with Gasteiger partial charge in [0, 0.05) is 12.1 Å². The van der Waals surface area contributed by atoms with Crippen LogP contribution < -0.4 is 10.1 Å². The molecule has 5 nitrogen and oxygen atoms in total. The minimum absolute atomic E-state index is 0.0186. The molecular formula is C30H41NO4. The first-order valence-electron chi connectivity index (χ1n) is 12.6. The molecule has 2 rings (SSSR count). The molecule has 0 aliphatic rings. The van der Waals surface area contributed by atoms with Gasteiger partial charge in [0.1, 0.15) is 11.9 Å². The Morgan fingerprint density at radius 3 is 2.26 bits per heavy atom. The van der Waals surface area contributed by atoms with Gasteiger partial charge in [0.25, 0.3) is 5.91 Å². The van der Waals surface area contributed by atoms with Gasteiger partial charge in [-0.05, 0) is 67.0 Å². The second-order valence-corrected chi connectivity index (χ2v) is 10.0. The molecule has 2 aromatic carbocycles. The highest BCUT2D eigenvalue weighted by Crippen LogP contribution is 2.33. The smallest absolute Gasteiger partial charge is 0.305 e. The van der Waals surface area contributed by atoms with Crippen LogP contribution in [-0.2, 0) is 10.2 Å². The van der Waals surface area contributed by atoms with Crippen LogP contribution in [0, 0.1) is 0 Å². The second kappa shape index (κ2) is 13.7. The number of amides is 1. The first-order valence-corrected chi connectivity index (χ1v) is 12.6. The number of rotatable bonds is 15. The molecule has 0 bridgehead atoms. The SMILES string of the molecule is C=C(C)CC(C)(C)c1ccc(OC(CCCCCC)c2ccc(C(=O)NCCC(=O)O)cc2)cc1. The van der Waals surface area contributed by atoms with Gasteiger partial charge in [-0.2, -0.15) is 0 Å². The minimum Gasteiger partial charge on any atom is -0.486 e. The lowest BCUT2D eigenvalue weighted by Gasteiger charge is -2.26. The summed E-state index contributed by atoms with van der Waals surface area (Å²) in [4.78, 5) is 22.9. The maximum atomic E-state index is 12.3. The van der Waals surface area contributed by atoms with Crippen molar-refractivity contribution in [1.29, 1.82) is 0 Å². The van der Waals surface area contributed by atoms with E-state index in [1.807, 2.05) is 24.3 Å². The van der Waals surface area contributed by atoms with Gasteiger partial charge in [-0.25, -0.2) is 0 Å². The number of hydrogen-bond acceptors (Lipinski definition) is 3. The number of ether oxygens (including phenoxy) is 1. The maximum absolute atomic E-state index is 12.3. The van der Waals surface area contributed by atoms with Crippen molar-refractivity contribution in [3.8, 4) is 5.75 Å². The van der Waals surface area contributed by atoms with Crippen LogP contribution in [0.3, 0.4) is 0 Å². The molecule has 1 atom stereocenters. The van der Waals surface area contributed by atoms with Crippen molar-refractivity contribution < 1.29 is 19.4 Å². The first kappa shape index (κ1) is 28.2. The number of aliphatic carboxylic acids is 1. The van der Waals surface area contributed by atoms with Gasteiger partial charge in [-0.15, -0.1) is 6.58 Å². The van der Waals surface area contributed by atoms with Crippen molar-refractivity contribution in [2.45, 2.75) is 84.2 Å². The van der Waals surface area contributed by atoms with Gasteiger partial charge in [-0.1, -0.05) is 69.9 Å². The molecule has 0 aliphatic carbocycles. The van der Waals surface area contributed by atoms with Gasteiger partial charge in [-0.3, -0.25) is 9.59 Å². The fourth-order valence-corrected chi connectivity index (χ4v) is 4.29. The molecule has 1 amide bonds. The van der Waals surface area contributed by atoms with Gasteiger partial charge in [0.15, 0.2) is 0 Å². The van der Waals surface area contributed by atoms with Crippen molar-refractivity contribution in [3.63, 3.8) is 0 Å². The predicted molar refractivity (Wildman–Crippen MR) is 142 cm³/mol. The fraction of sp³-hybridized carbons (Fsp3) is 0.467. The lowest BCUT2D eigenvalue weighted by atomic mass is 9.79. The van der Waals surface area contributed by atoms with Crippen LogP contribution in [0.4, 0.5) is 0 Å². The summed E-state index contributed by atoms with van der Waals surface area (Å²) in [5, 5.41) is 11.4. The number of carboxylic acids is 1. The minimum atomic E-state index is -0.934. The Balaban J connectivity index is 2.12. The monoisotopic (exact) mass is 479 g/mol. The zero-order valence-corrected chi connectivity index (χ0v) is 21.7.